The molecule has 1 atom stereocenters. The number of carbonyl (C=O) groups is 1. The molecular formula is C22H23N3O3S. The van der Waals surface area contributed by atoms with Gasteiger partial charge in [-0.15, -0.1) is 0 Å². The number of anilines is 3. The van der Waals surface area contributed by atoms with Gasteiger partial charge in [-0.2, -0.15) is 0 Å². The Hall–Kier alpha value is -3.32. The van der Waals surface area contributed by atoms with Crippen molar-refractivity contribution in [3.8, 4) is 0 Å². The molecule has 0 radical (unpaired) electrons. The third kappa shape index (κ3) is 5.83. The fourth-order valence-corrected chi connectivity index (χ4v) is 3.47. The molecule has 0 heterocycles. The second kappa shape index (κ2) is 8.79. The highest BCUT2D eigenvalue weighted by molar-refractivity contribution is 7.92. The van der Waals surface area contributed by atoms with Gasteiger partial charge in [0.2, 0.25) is 10.0 Å². The molecule has 6 nitrogen and oxygen atoms in total. The van der Waals surface area contributed by atoms with Crippen LogP contribution in [0.2, 0.25) is 0 Å². The molecule has 0 aliphatic heterocycles. The van der Waals surface area contributed by atoms with Crippen molar-refractivity contribution in [1.82, 2.24) is 0 Å². The summed E-state index contributed by atoms with van der Waals surface area (Å²) < 4.78 is 25.4. The third-order valence-corrected chi connectivity index (χ3v) is 4.88. The molecule has 0 fully saturated rings. The van der Waals surface area contributed by atoms with Gasteiger partial charge in [0.15, 0.2) is 0 Å². The summed E-state index contributed by atoms with van der Waals surface area (Å²) in [7, 11) is -3.48. The van der Waals surface area contributed by atoms with Crippen molar-refractivity contribution in [2.24, 2.45) is 0 Å². The number of hydrogen-bond donors (Lipinski definition) is 3. The lowest BCUT2D eigenvalue weighted by atomic mass is 10.1. The van der Waals surface area contributed by atoms with Gasteiger partial charge in [-0.05, 0) is 48.9 Å². The molecule has 1 amide bonds. The molecule has 0 bridgehead atoms. The highest BCUT2D eigenvalue weighted by atomic mass is 32.2. The van der Waals surface area contributed by atoms with E-state index in [2.05, 4.69) is 34.4 Å². The van der Waals surface area contributed by atoms with Gasteiger partial charge in [0.05, 0.1) is 17.5 Å². The first-order valence-electron chi connectivity index (χ1n) is 9.11. The molecule has 29 heavy (non-hydrogen) atoms. The number of para-hydroxylation sites is 1. The van der Waals surface area contributed by atoms with Crippen molar-refractivity contribution in [3.63, 3.8) is 0 Å². The summed E-state index contributed by atoms with van der Waals surface area (Å²) in [6.45, 7) is 2.08. The lowest BCUT2D eigenvalue weighted by molar-refractivity contribution is 0.102. The first-order chi connectivity index (χ1) is 13.8. The van der Waals surface area contributed by atoms with Gasteiger partial charge < -0.3 is 10.6 Å². The summed E-state index contributed by atoms with van der Waals surface area (Å²) >= 11 is 0. The minimum Gasteiger partial charge on any atom is -0.379 e. The van der Waals surface area contributed by atoms with Crippen LogP contribution in [0, 0.1) is 0 Å². The van der Waals surface area contributed by atoms with Crippen LogP contribution in [-0.4, -0.2) is 20.6 Å². The van der Waals surface area contributed by atoms with Crippen LogP contribution in [0.5, 0.6) is 0 Å². The molecule has 0 aliphatic rings. The Morgan fingerprint density at radius 3 is 2.07 bits per heavy atom. The van der Waals surface area contributed by atoms with E-state index in [-0.39, 0.29) is 17.3 Å². The number of hydrogen-bond acceptors (Lipinski definition) is 4. The smallest absolute Gasteiger partial charge is 0.257 e. The summed E-state index contributed by atoms with van der Waals surface area (Å²) in [5.74, 6) is -0.393. The minimum absolute atomic E-state index is 0.144. The molecule has 0 spiro atoms. The molecule has 0 aromatic heterocycles. The van der Waals surface area contributed by atoms with Crippen LogP contribution in [0.4, 0.5) is 17.1 Å². The average Bonchev–Trinajstić information content (AvgIpc) is 2.69. The standard InChI is InChI=1S/C22H23N3O3S/c1-16(17-8-4-3-5-9-17)23-18-12-14-19(15-13-18)24-22(26)20-10-6-7-11-21(20)25-29(2,27)28/h3-16,23,25H,1-2H3,(H,24,26). The van der Waals surface area contributed by atoms with Crippen LogP contribution in [-0.2, 0) is 10.0 Å². The number of benzene rings is 3. The lowest BCUT2D eigenvalue weighted by Gasteiger charge is -2.16. The van der Waals surface area contributed by atoms with E-state index in [1.54, 1.807) is 36.4 Å². The van der Waals surface area contributed by atoms with E-state index in [4.69, 9.17) is 0 Å². The first-order valence-corrected chi connectivity index (χ1v) is 11.0. The van der Waals surface area contributed by atoms with Gasteiger partial charge in [0, 0.05) is 17.4 Å². The number of sulfonamides is 1. The fraction of sp³-hybridized carbons (Fsp3) is 0.136. The molecule has 0 saturated heterocycles. The Balaban J connectivity index is 1.68. The third-order valence-electron chi connectivity index (χ3n) is 4.29. The Bertz CT molecular complexity index is 1080. The molecule has 150 valence electrons. The fourth-order valence-electron chi connectivity index (χ4n) is 2.89. The zero-order valence-electron chi connectivity index (χ0n) is 16.2. The van der Waals surface area contributed by atoms with E-state index in [9.17, 15) is 13.2 Å². The topological polar surface area (TPSA) is 87.3 Å². The van der Waals surface area contributed by atoms with Gasteiger partial charge in [-0.1, -0.05) is 42.5 Å². The monoisotopic (exact) mass is 409 g/mol. The predicted octanol–water partition coefficient (Wildman–Crippen LogP) is 4.48. The highest BCUT2D eigenvalue weighted by Crippen LogP contribution is 2.22. The van der Waals surface area contributed by atoms with Crippen molar-refractivity contribution in [1.29, 1.82) is 0 Å². The van der Waals surface area contributed by atoms with Crippen LogP contribution in [0.1, 0.15) is 28.9 Å². The van der Waals surface area contributed by atoms with E-state index < -0.39 is 15.9 Å². The molecule has 0 saturated carbocycles. The van der Waals surface area contributed by atoms with Crippen molar-refractivity contribution in [2.45, 2.75) is 13.0 Å². The van der Waals surface area contributed by atoms with Crippen LogP contribution in [0.15, 0.2) is 78.9 Å². The number of carbonyl (C=O) groups excluding carboxylic acids is 1. The Kier molecular flexibility index (Phi) is 6.19. The van der Waals surface area contributed by atoms with Crippen molar-refractivity contribution in [3.05, 3.63) is 90.0 Å². The summed E-state index contributed by atoms with van der Waals surface area (Å²) in [6.07, 6.45) is 1.05. The minimum atomic E-state index is -3.48. The van der Waals surface area contributed by atoms with Gasteiger partial charge in [-0.25, -0.2) is 8.42 Å². The second-order valence-corrected chi connectivity index (χ2v) is 8.48. The maximum absolute atomic E-state index is 12.6. The molecule has 7 heteroatoms. The van der Waals surface area contributed by atoms with E-state index in [1.165, 1.54) is 5.56 Å². The molecule has 3 N–H and O–H groups in total. The van der Waals surface area contributed by atoms with Crippen molar-refractivity contribution >= 4 is 33.0 Å². The molecule has 0 aliphatic carbocycles. The van der Waals surface area contributed by atoms with Crippen LogP contribution >= 0.6 is 0 Å². The van der Waals surface area contributed by atoms with Crippen LogP contribution < -0.4 is 15.4 Å². The van der Waals surface area contributed by atoms with Crippen molar-refractivity contribution in [2.75, 3.05) is 21.6 Å². The molecule has 3 rings (SSSR count). The number of nitrogens with one attached hydrogen (secondary N) is 3. The van der Waals surface area contributed by atoms with Crippen LogP contribution in [0.3, 0.4) is 0 Å². The van der Waals surface area contributed by atoms with Gasteiger partial charge in [-0.3, -0.25) is 9.52 Å². The van der Waals surface area contributed by atoms with Crippen LogP contribution in [0.25, 0.3) is 0 Å². The zero-order valence-corrected chi connectivity index (χ0v) is 17.0. The van der Waals surface area contributed by atoms with E-state index in [0.29, 0.717) is 5.69 Å². The normalized spacial score (nSPS) is 12.1. The van der Waals surface area contributed by atoms with E-state index in [1.807, 2.05) is 30.3 Å². The summed E-state index contributed by atoms with van der Waals surface area (Å²) in [5.41, 5.74) is 3.21. The Morgan fingerprint density at radius 2 is 1.41 bits per heavy atom. The zero-order chi connectivity index (χ0) is 20.9. The first kappa shape index (κ1) is 20.4. The molecule has 1 unspecified atom stereocenters. The highest BCUT2D eigenvalue weighted by Gasteiger charge is 2.14. The maximum atomic E-state index is 12.6. The van der Waals surface area contributed by atoms with E-state index >= 15 is 0 Å². The number of rotatable bonds is 7. The van der Waals surface area contributed by atoms with Gasteiger partial charge in [0.25, 0.3) is 5.91 Å². The summed E-state index contributed by atoms with van der Waals surface area (Å²) in [4.78, 5) is 12.6. The lowest BCUT2D eigenvalue weighted by Crippen LogP contribution is -2.17. The molecule has 3 aromatic rings. The van der Waals surface area contributed by atoms with Crippen molar-refractivity contribution < 1.29 is 13.2 Å². The Labute approximate surface area is 171 Å². The van der Waals surface area contributed by atoms with Gasteiger partial charge in [0.1, 0.15) is 0 Å². The average molecular weight is 410 g/mol. The predicted molar refractivity (Wildman–Crippen MR) is 118 cm³/mol. The summed E-state index contributed by atoms with van der Waals surface area (Å²) in [6, 6.07) is 24.1. The summed E-state index contributed by atoms with van der Waals surface area (Å²) in [5, 5.41) is 6.21. The quantitative estimate of drug-likeness (QED) is 0.537. The van der Waals surface area contributed by atoms with Gasteiger partial charge >= 0.3 is 0 Å². The molecular weight excluding hydrogens is 386 g/mol. The second-order valence-electron chi connectivity index (χ2n) is 6.73. The largest absolute Gasteiger partial charge is 0.379 e. The maximum Gasteiger partial charge on any atom is 0.257 e. The number of amides is 1. The Morgan fingerprint density at radius 1 is 0.828 bits per heavy atom. The molecule has 3 aromatic carbocycles. The SMILES string of the molecule is CC(Nc1ccc(NC(=O)c2ccccc2NS(C)(=O)=O)cc1)c1ccccc1. The van der Waals surface area contributed by atoms with E-state index in [0.717, 1.165) is 11.9 Å².